The number of rotatable bonds is 6. The first-order valence-electron chi connectivity index (χ1n) is 7.94. The Morgan fingerprint density at radius 1 is 1.38 bits per heavy atom. The van der Waals surface area contributed by atoms with Crippen LogP contribution in [0.15, 0.2) is 30.3 Å². The number of nitrogens with zero attached hydrogens (tertiary/aromatic N) is 1. The predicted molar refractivity (Wildman–Crippen MR) is 90.9 cm³/mol. The second-order valence-corrected chi connectivity index (χ2v) is 7.65. The maximum atomic E-state index is 11.5. The molecule has 1 aromatic carbocycles. The fourth-order valence-corrected chi connectivity index (χ4v) is 3.49. The molecule has 4 unspecified atom stereocenters. The molecule has 118 valence electrons. The van der Waals surface area contributed by atoms with Crippen LogP contribution in [0.3, 0.4) is 0 Å². The fourth-order valence-electron chi connectivity index (χ4n) is 3.00. The molecule has 0 bridgehead atoms. The van der Waals surface area contributed by atoms with E-state index in [4.69, 9.17) is 0 Å². The monoisotopic (exact) mass is 308 g/mol. The number of benzene rings is 1. The quantitative estimate of drug-likeness (QED) is 0.876. The van der Waals surface area contributed by atoms with Crippen LogP contribution in [0.25, 0.3) is 0 Å². The van der Waals surface area contributed by atoms with Crippen LogP contribution in [0.5, 0.6) is 0 Å². The van der Waals surface area contributed by atoms with Crippen molar-refractivity contribution in [3.8, 4) is 0 Å². The van der Waals surface area contributed by atoms with Crippen molar-refractivity contribution in [3.63, 3.8) is 0 Å². The summed E-state index contributed by atoms with van der Waals surface area (Å²) in [6.07, 6.45) is 2.99. The van der Waals surface area contributed by atoms with Crippen molar-refractivity contribution in [2.75, 3.05) is 31.6 Å². The van der Waals surface area contributed by atoms with Gasteiger partial charge in [-0.1, -0.05) is 50.6 Å². The maximum Gasteiger partial charge on any atom is 0.0473 e. The Bertz CT molecular complexity index is 451. The van der Waals surface area contributed by atoms with Gasteiger partial charge in [0.1, 0.15) is 0 Å². The molecule has 1 N–H and O–H groups in total. The molecule has 21 heavy (non-hydrogen) atoms. The highest BCUT2D eigenvalue weighted by Gasteiger charge is 2.30. The van der Waals surface area contributed by atoms with Crippen LogP contribution in [-0.4, -0.2) is 46.8 Å². The van der Waals surface area contributed by atoms with Crippen LogP contribution in [0.1, 0.15) is 31.9 Å². The van der Waals surface area contributed by atoms with E-state index in [9.17, 15) is 4.21 Å². The van der Waals surface area contributed by atoms with Crippen LogP contribution in [-0.2, 0) is 10.8 Å². The Kier molecular flexibility index (Phi) is 6.40. The minimum atomic E-state index is -0.724. The highest BCUT2D eigenvalue weighted by molar-refractivity contribution is 7.84. The number of nitrogens with one attached hydrogen (secondary N) is 1. The van der Waals surface area contributed by atoms with Crippen LogP contribution in [0.2, 0.25) is 0 Å². The van der Waals surface area contributed by atoms with Crippen molar-refractivity contribution < 1.29 is 4.21 Å². The normalized spacial score (nSPS) is 26.4. The van der Waals surface area contributed by atoms with Crippen LogP contribution >= 0.6 is 0 Å². The molecule has 0 spiro atoms. The third-order valence-electron chi connectivity index (χ3n) is 4.63. The van der Waals surface area contributed by atoms with Crippen LogP contribution < -0.4 is 5.32 Å². The minimum Gasteiger partial charge on any atom is -0.311 e. The van der Waals surface area contributed by atoms with Crippen molar-refractivity contribution in [1.82, 2.24) is 10.2 Å². The molecule has 4 heteroatoms. The molecule has 1 heterocycles. The van der Waals surface area contributed by atoms with Gasteiger partial charge in [-0.15, -0.1) is 0 Å². The summed E-state index contributed by atoms with van der Waals surface area (Å²) in [5.74, 6) is 1.44. The lowest BCUT2D eigenvalue weighted by molar-refractivity contribution is 0.116. The zero-order valence-electron chi connectivity index (χ0n) is 13.4. The first-order chi connectivity index (χ1) is 10.1. The van der Waals surface area contributed by atoms with Crippen molar-refractivity contribution in [2.24, 2.45) is 5.92 Å². The van der Waals surface area contributed by atoms with E-state index in [1.165, 1.54) is 12.0 Å². The van der Waals surface area contributed by atoms with E-state index in [1.807, 2.05) is 0 Å². The molecule has 1 saturated heterocycles. The van der Waals surface area contributed by atoms with Crippen molar-refractivity contribution in [3.05, 3.63) is 35.9 Å². The molecule has 3 nitrogen and oxygen atoms in total. The molecule has 2 rings (SSSR count). The number of piperazine rings is 1. The molecule has 1 aliphatic rings. The Hall–Kier alpha value is -0.710. The van der Waals surface area contributed by atoms with E-state index in [2.05, 4.69) is 54.4 Å². The Morgan fingerprint density at radius 3 is 2.71 bits per heavy atom. The molecule has 0 radical (unpaired) electrons. The van der Waals surface area contributed by atoms with Gasteiger partial charge in [-0.3, -0.25) is 9.11 Å². The molecule has 0 aliphatic carbocycles. The lowest BCUT2D eigenvalue weighted by Crippen LogP contribution is -2.55. The summed E-state index contributed by atoms with van der Waals surface area (Å²) >= 11 is 0. The summed E-state index contributed by atoms with van der Waals surface area (Å²) < 4.78 is 11.5. The molecule has 4 atom stereocenters. The highest BCUT2D eigenvalue weighted by Crippen LogP contribution is 2.25. The first kappa shape index (κ1) is 16.7. The summed E-state index contributed by atoms with van der Waals surface area (Å²) in [6.45, 7) is 7.51. The lowest BCUT2D eigenvalue weighted by atomic mass is 9.93. The summed E-state index contributed by atoms with van der Waals surface area (Å²) in [5, 5.41) is 3.72. The average molecular weight is 308 g/mol. The molecular formula is C17H28N2OS. The molecule has 0 amide bonds. The first-order valence-corrected chi connectivity index (χ1v) is 9.67. The second-order valence-electron chi connectivity index (χ2n) is 6.10. The smallest absolute Gasteiger partial charge is 0.0473 e. The van der Waals surface area contributed by atoms with Crippen LogP contribution in [0.4, 0.5) is 0 Å². The Balaban J connectivity index is 2.10. The number of hydrogen-bond acceptors (Lipinski definition) is 3. The molecule has 0 saturated carbocycles. The van der Waals surface area contributed by atoms with Gasteiger partial charge < -0.3 is 5.32 Å². The van der Waals surface area contributed by atoms with Gasteiger partial charge in [0, 0.05) is 54.5 Å². The van der Waals surface area contributed by atoms with Gasteiger partial charge in [0.05, 0.1) is 0 Å². The molecule has 1 aromatic rings. The van der Waals surface area contributed by atoms with E-state index in [1.54, 1.807) is 6.26 Å². The van der Waals surface area contributed by atoms with Gasteiger partial charge >= 0.3 is 0 Å². The Labute approximate surface area is 131 Å². The van der Waals surface area contributed by atoms with Crippen molar-refractivity contribution in [1.29, 1.82) is 0 Å². The molecule has 0 aromatic heterocycles. The zero-order chi connectivity index (χ0) is 15.2. The van der Waals surface area contributed by atoms with Crippen molar-refractivity contribution >= 4 is 10.8 Å². The summed E-state index contributed by atoms with van der Waals surface area (Å²) in [5.41, 5.74) is 1.36. The number of hydrogen-bond donors (Lipinski definition) is 1. The van der Waals surface area contributed by atoms with Gasteiger partial charge in [-0.25, -0.2) is 0 Å². The lowest BCUT2D eigenvalue weighted by Gasteiger charge is -2.42. The van der Waals surface area contributed by atoms with Crippen LogP contribution in [0, 0.1) is 5.92 Å². The third-order valence-corrected chi connectivity index (χ3v) is 5.38. The highest BCUT2D eigenvalue weighted by atomic mass is 32.2. The largest absolute Gasteiger partial charge is 0.311 e. The van der Waals surface area contributed by atoms with E-state index < -0.39 is 10.8 Å². The summed E-state index contributed by atoms with van der Waals surface area (Å²) in [7, 11) is -0.724. The molecule has 1 aliphatic heterocycles. The van der Waals surface area contributed by atoms with Crippen molar-refractivity contribution in [2.45, 2.75) is 32.4 Å². The van der Waals surface area contributed by atoms with Gasteiger partial charge in [-0.05, 0) is 11.5 Å². The topological polar surface area (TPSA) is 32.3 Å². The van der Waals surface area contributed by atoms with Gasteiger partial charge in [0.25, 0.3) is 0 Å². The van der Waals surface area contributed by atoms with Gasteiger partial charge in [-0.2, -0.15) is 0 Å². The van der Waals surface area contributed by atoms with E-state index in [0.717, 1.165) is 25.4 Å². The average Bonchev–Trinajstić information content (AvgIpc) is 2.52. The van der Waals surface area contributed by atoms with E-state index in [0.29, 0.717) is 18.0 Å². The minimum absolute atomic E-state index is 0.398. The fraction of sp³-hybridized carbons (Fsp3) is 0.647. The molecular weight excluding hydrogens is 280 g/mol. The second kappa shape index (κ2) is 8.06. The Morgan fingerprint density at radius 2 is 2.10 bits per heavy atom. The van der Waals surface area contributed by atoms with E-state index >= 15 is 0 Å². The molecule has 1 fully saturated rings. The standard InChI is InChI=1S/C17H28N2OS/c1-4-14(2)16-13-19(10-11-21(3)20)17(12-18-16)15-8-6-5-7-9-15/h5-9,14,16-18H,4,10-13H2,1-3H3. The van der Waals surface area contributed by atoms with E-state index in [-0.39, 0.29) is 0 Å². The van der Waals surface area contributed by atoms with Gasteiger partial charge in [0.2, 0.25) is 0 Å². The third kappa shape index (κ3) is 4.63. The summed E-state index contributed by atoms with van der Waals surface area (Å²) in [4.78, 5) is 2.52. The predicted octanol–water partition coefficient (Wildman–Crippen LogP) is 2.43. The zero-order valence-corrected chi connectivity index (χ0v) is 14.2. The SMILES string of the molecule is CCC(C)C1CN(CCS(C)=O)C(c2ccccc2)CN1. The van der Waals surface area contributed by atoms with Gasteiger partial charge in [0.15, 0.2) is 0 Å². The maximum absolute atomic E-state index is 11.5. The summed E-state index contributed by atoms with van der Waals surface area (Å²) in [6, 6.07) is 11.6.